The summed E-state index contributed by atoms with van der Waals surface area (Å²) >= 11 is 0. The van der Waals surface area contributed by atoms with E-state index in [-0.39, 0.29) is 5.91 Å². The second kappa shape index (κ2) is 9.18. The first-order valence-electron chi connectivity index (χ1n) is 11.8. The van der Waals surface area contributed by atoms with Crippen LogP contribution in [0.15, 0.2) is 48.8 Å². The number of H-pyrrole nitrogens is 1. The Labute approximate surface area is 204 Å². The summed E-state index contributed by atoms with van der Waals surface area (Å²) in [6.45, 7) is 8.35. The summed E-state index contributed by atoms with van der Waals surface area (Å²) in [4.78, 5) is 24.0. The third kappa shape index (κ3) is 4.58. The molecule has 2 N–H and O–H groups in total. The zero-order chi connectivity index (χ0) is 24.5. The molecule has 1 unspecified atom stereocenters. The van der Waals surface area contributed by atoms with Crippen molar-refractivity contribution in [1.82, 2.24) is 20.2 Å². The van der Waals surface area contributed by atoms with Crippen molar-refractivity contribution in [3.8, 4) is 17.3 Å². The van der Waals surface area contributed by atoms with Crippen LogP contribution in [0, 0.1) is 30.1 Å². The van der Waals surface area contributed by atoms with Gasteiger partial charge >= 0.3 is 0 Å². The van der Waals surface area contributed by atoms with Crippen molar-refractivity contribution in [3.05, 3.63) is 65.6 Å². The highest BCUT2D eigenvalue weighted by Crippen LogP contribution is 2.32. The number of carbonyl (C=O) groups excluding carboxylic acids is 1. The number of piperidine rings is 1. The van der Waals surface area contributed by atoms with Gasteiger partial charge in [0.1, 0.15) is 23.3 Å². The molecule has 0 spiro atoms. The van der Waals surface area contributed by atoms with Crippen molar-refractivity contribution < 1.29 is 4.79 Å². The van der Waals surface area contributed by atoms with E-state index in [9.17, 15) is 4.79 Å². The van der Waals surface area contributed by atoms with E-state index in [4.69, 9.17) is 5.26 Å². The summed E-state index contributed by atoms with van der Waals surface area (Å²) in [5, 5.41) is 20.5. The molecule has 0 saturated carbocycles. The van der Waals surface area contributed by atoms with E-state index in [1.165, 1.54) is 12.6 Å². The fraction of sp³-hybridized carbons (Fsp3) is 0.296. The first-order chi connectivity index (χ1) is 16.9. The first-order valence-corrected chi connectivity index (χ1v) is 11.8. The molecule has 1 amide bonds. The van der Waals surface area contributed by atoms with Crippen LogP contribution in [0.25, 0.3) is 22.2 Å². The minimum absolute atomic E-state index is 0.292. The third-order valence-corrected chi connectivity index (χ3v) is 6.45. The van der Waals surface area contributed by atoms with Crippen molar-refractivity contribution in [3.63, 3.8) is 0 Å². The fourth-order valence-electron chi connectivity index (χ4n) is 4.96. The lowest BCUT2D eigenvalue weighted by molar-refractivity contribution is 0.102. The van der Waals surface area contributed by atoms with Crippen LogP contribution < -0.4 is 10.2 Å². The van der Waals surface area contributed by atoms with Gasteiger partial charge in [-0.15, -0.1) is 0 Å². The number of hydrogen-bond donors (Lipinski definition) is 2. The predicted octanol–water partition coefficient (Wildman–Crippen LogP) is 4.93. The maximum atomic E-state index is 12.8. The number of anilines is 2. The summed E-state index contributed by atoms with van der Waals surface area (Å²) in [5.74, 6) is 1.91. The van der Waals surface area contributed by atoms with Crippen molar-refractivity contribution in [2.75, 3.05) is 23.3 Å². The minimum Gasteiger partial charge on any atom is -0.356 e. The van der Waals surface area contributed by atoms with E-state index < -0.39 is 0 Å². The Morgan fingerprint density at radius 3 is 2.69 bits per heavy atom. The molecule has 0 bridgehead atoms. The summed E-state index contributed by atoms with van der Waals surface area (Å²) in [6, 6.07) is 13.4. The van der Waals surface area contributed by atoms with Gasteiger partial charge in [-0.3, -0.25) is 9.89 Å². The van der Waals surface area contributed by atoms with Gasteiger partial charge in [0, 0.05) is 42.1 Å². The molecule has 3 aromatic heterocycles. The monoisotopic (exact) mass is 465 g/mol. The van der Waals surface area contributed by atoms with Gasteiger partial charge in [0.15, 0.2) is 0 Å². The maximum Gasteiger partial charge on any atom is 0.274 e. The van der Waals surface area contributed by atoms with E-state index >= 15 is 0 Å². The number of nitriles is 1. The Kier molecular flexibility index (Phi) is 5.91. The summed E-state index contributed by atoms with van der Waals surface area (Å²) in [5.41, 5.74) is 4.67. The fourth-order valence-corrected chi connectivity index (χ4v) is 4.96. The van der Waals surface area contributed by atoms with Crippen LogP contribution in [0.3, 0.4) is 0 Å². The third-order valence-electron chi connectivity index (χ3n) is 6.45. The summed E-state index contributed by atoms with van der Waals surface area (Å²) < 4.78 is 0. The number of hydrogen-bond acceptors (Lipinski definition) is 6. The van der Waals surface area contributed by atoms with Gasteiger partial charge in [0.05, 0.1) is 11.1 Å². The van der Waals surface area contributed by atoms with Crippen LogP contribution in [-0.2, 0) is 0 Å². The van der Waals surface area contributed by atoms with E-state index in [1.54, 1.807) is 13.0 Å². The van der Waals surface area contributed by atoms with Crippen molar-refractivity contribution in [2.24, 2.45) is 11.8 Å². The van der Waals surface area contributed by atoms with Crippen LogP contribution >= 0.6 is 0 Å². The maximum absolute atomic E-state index is 12.8. The van der Waals surface area contributed by atoms with Gasteiger partial charge in [-0.05, 0) is 67.1 Å². The molecule has 0 radical (unpaired) electrons. The quantitative estimate of drug-likeness (QED) is 0.442. The highest BCUT2D eigenvalue weighted by molar-refractivity contribution is 6.05. The lowest BCUT2D eigenvalue weighted by Crippen LogP contribution is -2.39. The number of amides is 1. The first kappa shape index (κ1) is 22.5. The highest BCUT2D eigenvalue weighted by atomic mass is 16.1. The summed E-state index contributed by atoms with van der Waals surface area (Å²) in [6.07, 6.45) is 4.48. The zero-order valence-electron chi connectivity index (χ0n) is 20.0. The normalized spacial score (nSPS) is 17.8. The Hall–Kier alpha value is -4.25. The van der Waals surface area contributed by atoms with E-state index in [0.717, 1.165) is 41.1 Å². The smallest absolute Gasteiger partial charge is 0.274 e. The minimum atomic E-state index is -0.323. The molecule has 5 rings (SSSR count). The van der Waals surface area contributed by atoms with Gasteiger partial charge in [-0.2, -0.15) is 10.4 Å². The Bertz CT molecular complexity index is 1440. The molecular weight excluding hydrogens is 438 g/mol. The van der Waals surface area contributed by atoms with Gasteiger partial charge in [-0.1, -0.05) is 13.8 Å². The lowest BCUT2D eigenvalue weighted by Gasteiger charge is -2.35. The standard InChI is InChI=1S/C27H27N7O/c1-16-8-17(2)15-34(14-16)24-10-20(6-7-29-24)26-22-11-21(4-5-23(22)32-33-26)31-27(35)25-18(3)9-19(12-28)13-30-25/h4-7,9-11,13,16-17H,8,14-15H2,1-3H3,(H,31,35)(H,32,33)/t16-,17?/m0/s1. The Balaban J connectivity index is 1.43. The number of aromatic nitrogens is 4. The van der Waals surface area contributed by atoms with Crippen LogP contribution in [-0.4, -0.2) is 39.2 Å². The largest absolute Gasteiger partial charge is 0.356 e. The molecule has 1 aliphatic rings. The molecule has 1 saturated heterocycles. The average Bonchev–Trinajstić information content (AvgIpc) is 3.26. The molecular formula is C27H27N7O. The van der Waals surface area contributed by atoms with Crippen LogP contribution in [0.4, 0.5) is 11.5 Å². The van der Waals surface area contributed by atoms with Gasteiger partial charge in [0.25, 0.3) is 5.91 Å². The van der Waals surface area contributed by atoms with Crippen LogP contribution in [0.1, 0.15) is 41.9 Å². The van der Waals surface area contributed by atoms with E-state index in [0.29, 0.717) is 34.3 Å². The van der Waals surface area contributed by atoms with Gasteiger partial charge in [0.2, 0.25) is 0 Å². The van der Waals surface area contributed by atoms with Crippen molar-refractivity contribution in [1.29, 1.82) is 5.26 Å². The van der Waals surface area contributed by atoms with Crippen molar-refractivity contribution in [2.45, 2.75) is 27.2 Å². The molecule has 0 aliphatic carbocycles. The molecule has 8 nitrogen and oxygen atoms in total. The second-order valence-corrected chi connectivity index (χ2v) is 9.54. The number of rotatable bonds is 4. The molecule has 4 aromatic rings. The number of fused-ring (bicyclic) bond motifs is 1. The number of benzene rings is 1. The van der Waals surface area contributed by atoms with Crippen molar-refractivity contribution >= 4 is 28.3 Å². The SMILES string of the molecule is Cc1cc(C#N)cnc1C(=O)Nc1ccc2[nH]nc(-c3ccnc(N4CC(C)C[C@H](C)C4)c3)c2c1. The molecule has 4 heterocycles. The Morgan fingerprint density at radius 1 is 1.14 bits per heavy atom. The molecule has 8 heteroatoms. The molecule has 176 valence electrons. The zero-order valence-corrected chi connectivity index (χ0v) is 20.0. The van der Waals surface area contributed by atoms with E-state index in [1.807, 2.05) is 36.5 Å². The van der Waals surface area contributed by atoms with Gasteiger partial charge in [-0.25, -0.2) is 9.97 Å². The molecule has 1 aromatic carbocycles. The number of aromatic amines is 1. The lowest BCUT2D eigenvalue weighted by atomic mass is 9.92. The number of pyridine rings is 2. The number of aryl methyl sites for hydroxylation is 1. The molecule has 35 heavy (non-hydrogen) atoms. The predicted molar refractivity (Wildman–Crippen MR) is 136 cm³/mol. The Morgan fingerprint density at radius 2 is 1.94 bits per heavy atom. The average molecular weight is 466 g/mol. The second-order valence-electron chi connectivity index (χ2n) is 9.54. The number of nitrogens with one attached hydrogen (secondary N) is 2. The molecule has 2 atom stereocenters. The molecule has 1 fully saturated rings. The molecule has 1 aliphatic heterocycles. The number of nitrogens with zero attached hydrogens (tertiary/aromatic N) is 5. The van der Waals surface area contributed by atoms with Crippen LogP contribution in [0.5, 0.6) is 0 Å². The van der Waals surface area contributed by atoms with Gasteiger partial charge < -0.3 is 10.2 Å². The van der Waals surface area contributed by atoms with Crippen LogP contribution in [0.2, 0.25) is 0 Å². The number of carbonyl (C=O) groups is 1. The summed E-state index contributed by atoms with van der Waals surface area (Å²) in [7, 11) is 0. The topological polar surface area (TPSA) is 111 Å². The van der Waals surface area contributed by atoms with E-state index in [2.05, 4.69) is 50.3 Å². The highest BCUT2D eigenvalue weighted by Gasteiger charge is 2.23.